The van der Waals surface area contributed by atoms with Crippen molar-refractivity contribution in [1.82, 2.24) is 5.32 Å². The lowest BCUT2D eigenvalue weighted by atomic mass is 10.2. The number of rotatable bonds is 5. The largest absolute Gasteiger partial charge is 0.491 e. The van der Waals surface area contributed by atoms with Crippen molar-refractivity contribution in [2.45, 2.75) is 26.5 Å². The lowest BCUT2D eigenvalue weighted by molar-refractivity contribution is 0.0950. The van der Waals surface area contributed by atoms with E-state index in [1.807, 2.05) is 56.3 Å². The van der Waals surface area contributed by atoms with Crippen molar-refractivity contribution in [3.8, 4) is 5.75 Å². The summed E-state index contributed by atoms with van der Waals surface area (Å²) in [6.45, 7) is 4.44. The number of carbonyl (C=O) groups is 1. The Hall–Kier alpha value is -2.29. The smallest absolute Gasteiger partial charge is 0.251 e. The first-order valence-electron chi connectivity index (χ1n) is 6.74. The van der Waals surface area contributed by atoms with E-state index in [1.54, 1.807) is 12.1 Å². The van der Waals surface area contributed by atoms with Crippen LogP contribution in [0.1, 0.15) is 29.8 Å². The Kier molecular flexibility index (Phi) is 4.77. The molecule has 0 radical (unpaired) electrons. The average Bonchev–Trinajstić information content (AvgIpc) is 2.45. The van der Waals surface area contributed by atoms with Gasteiger partial charge in [0.2, 0.25) is 0 Å². The summed E-state index contributed by atoms with van der Waals surface area (Å²) >= 11 is 0. The third kappa shape index (κ3) is 4.12. The molecule has 0 saturated heterocycles. The van der Waals surface area contributed by atoms with Gasteiger partial charge in [0.05, 0.1) is 6.10 Å². The van der Waals surface area contributed by atoms with E-state index in [1.165, 1.54) is 0 Å². The van der Waals surface area contributed by atoms with E-state index < -0.39 is 0 Å². The van der Waals surface area contributed by atoms with Crippen molar-refractivity contribution in [1.29, 1.82) is 0 Å². The van der Waals surface area contributed by atoms with Crippen LogP contribution in [-0.4, -0.2) is 12.0 Å². The van der Waals surface area contributed by atoms with Crippen LogP contribution in [0, 0.1) is 0 Å². The van der Waals surface area contributed by atoms with Crippen LogP contribution in [0.4, 0.5) is 0 Å². The van der Waals surface area contributed by atoms with Crippen molar-refractivity contribution in [3.05, 3.63) is 65.7 Å². The third-order valence-corrected chi connectivity index (χ3v) is 2.76. The van der Waals surface area contributed by atoms with E-state index in [0.29, 0.717) is 17.9 Å². The van der Waals surface area contributed by atoms with Gasteiger partial charge in [0.15, 0.2) is 0 Å². The van der Waals surface area contributed by atoms with Gasteiger partial charge in [-0.05, 0) is 37.6 Å². The topological polar surface area (TPSA) is 38.3 Å². The molecule has 0 atom stereocenters. The van der Waals surface area contributed by atoms with E-state index in [9.17, 15) is 4.79 Å². The van der Waals surface area contributed by atoms with Crippen LogP contribution < -0.4 is 10.1 Å². The molecule has 0 unspecified atom stereocenters. The van der Waals surface area contributed by atoms with Crippen LogP contribution in [0.2, 0.25) is 0 Å². The minimum absolute atomic E-state index is 0.0944. The highest BCUT2D eigenvalue weighted by Crippen LogP contribution is 2.15. The molecule has 0 aromatic heterocycles. The van der Waals surface area contributed by atoms with E-state index in [4.69, 9.17) is 4.74 Å². The average molecular weight is 269 g/mol. The predicted molar refractivity (Wildman–Crippen MR) is 79.8 cm³/mol. The van der Waals surface area contributed by atoms with Crippen LogP contribution in [0.5, 0.6) is 5.75 Å². The molecule has 0 heterocycles. The molecule has 104 valence electrons. The summed E-state index contributed by atoms with van der Waals surface area (Å²) in [4.78, 5) is 12.1. The fourth-order valence-corrected chi connectivity index (χ4v) is 1.86. The Bertz CT molecular complexity index is 564. The highest BCUT2D eigenvalue weighted by Gasteiger charge is 2.07. The van der Waals surface area contributed by atoms with Gasteiger partial charge in [0.25, 0.3) is 5.91 Å². The van der Waals surface area contributed by atoms with Gasteiger partial charge >= 0.3 is 0 Å². The maximum atomic E-state index is 12.1. The van der Waals surface area contributed by atoms with Crippen molar-refractivity contribution in [2.24, 2.45) is 0 Å². The highest BCUT2D eigenvalue weighted by molar-refractivity contribution is 5.94. The number of ether oxygens (including phenoxy) is 1. The lowest BCUT2D eigenvalue weighted by Crippen LogP contribution is -2.22. The van der Waals surface area contributed by atoms with Gasteiger partial charge < -0.3 is 10.1 Å². The summed E-state index contributed by atoms with van der Waals surface area (Å²) < 4.78 is 5.59. The molecule has 3 heteroatoms. The summed E-state index contributed by atoms with van der Waals surface area (Å²) in [7, 11) is 0. The van der Waals surface area contributed by atoms with Crippen LogP contribution in [0.25, 0.3) is 0 Å². The van der Waals surface area contributed by atoms with Crippen molar-refractivity contribution < 1.29 is 9.53 Å². The van der Waals surface area contributed by atoms with Gasteiger partial charge in [0.1, 0.15) is 5.75 Å². The maximum Gasteiger partial charge on any atom is 0.251 e. The molecule has 2 aromatic carbocycles. The molecular weight excluding hydrogens is 250 g/mol. The summed E-state index contributed by atoms with van der Waals surface area (Å²) in [6.07, 6.45) is 0.0950. The fraction of sp³-hybridized carbons (Fsp3) is 0.235. The van der Waals surface area contributed by atoms with Crippen molar-refractivity contribution in [3.63, 3.8) is 0 Å². The number of amides is 1. The number of carbonyl (C=O) groups excluding carboxylic acids is 1. The van der Waals surface area contributed by atoms with Crippen LogP contribution in [0.3, 0.4) is 0 Å². The molecule has 1 N–H and O–H groups in total. The lowest BCUT2D eigenvalue weighted by Gasteiger charge is -2.11. The Balaban J connectivity index is 1.98. The molecular formula is C17H19NO2. The second-order valence-electron chi connectivity index (χ2n) is 4.86. The van der Waals surface area contributed by atoms with E-state index >= 15 is 0 Å². The molecule has 3 nitrogen and oxygen atoms in total. The van der Waals surface area contributed by atoms with E-state index in [0.717, 1.165) is 5.56 Å². The van der Waals surface area contributed by atoms with Crippen LogP contribution in [0.15, 0.2) is 54.6 Å². The zero-order valence-electron chi connectivity index (χ0n) is 11.8. The Morgan fingerprint density at radius 1 is 1.10 bits per heavy atom. The first-order valence-corrected chi connectivity index (χ1v) is 6.74. The molecule has 0 fully saturated rings. The zero-order chi connectivity index (χ0) is 14.4. The second-order valence-corrected chi connectivity index (χ2v) is 4.86. The highest BCUT2D eigenvalue weighted by atomic mass is 16.5. The van der Waals surface area contributed by atoms with Gasteiger partial charge in [-0.3, -0.25) is 4.79 Å². The molecule has 1 amide bonds. The molecule has 20 heavy (non-hydrogen) atoms. The first-order chi connectivity index (χ1) is 9.65. The van der Waals surface area contributed by atoms with Crippen molar-refractivity contribution >= 4 is 5.91 Å². The molecule has 0 aliphatic carbocycles. The van der Waals surface area contributed by atoms with Gasteiger partial charge in [-0.2, -0.15) is 0 Å². The Morgan fingerprint density at radius 2 is 1.85 bits per heavy atom. The summed E-state index contributed by atoms with van der Waals surface area (Å²) in [5, 5.41) is 2.90. The predicted octanol–water partition coefficient (Wildman–Crippen LogP) is 3.40. The van der Waals surface area contributed by atoms with Gasteiger partial charge in [-0.1, -0.05) is 36.4 Å². The quantitative estimate of drug-likeness (QED) is 0.903. The summed E-state index contributed by atoms with van der Waals surface area (Å²) in [5.74, 6) is 0.621. The molecule has 2 aromatic rings. The van der Waals surface area contributed by atoms with E-state index in [2.05, 4.69) is 5.32 Å². The molecule has 2 rings (SSSR count). The van der Waals surface area contributed by atoms with E-state index in [-0.39, 0.29) is 12.0 Å². The number of hydrogen-bond donors (Lipinski definition) is 1. The monoisotopic (exact) mass is 269 g/mol. The second kappa shape index (κ2) is 6.75. The molecule has 0 bridgehead atoms. The maximum absolute atomic E-state index is 12.1. The molecule has 0 spiro atoms. The van der Waals surface area contributed by atoms with Crippen LogP contribution in [-0.2, 0) is 6.54 Å². The van der Waals surface area contributed by atoms with Gasteiger partial charge in [0, 0.05) is 12.1 Å². The fourth-order valence-electron chi connectivity index (χ4n) is 1.86. The Morgan fingerprint density at radius 3 is 2.55 bits per heavy atom. The molecule has 0 aliphatic rings. The van der Waals surface area contributed by atoms with Crippen LogP contribution >= 0.6 is 0 Å². The normalized spacial score (nSPS) is 10.3. The standard InChI is InChI=1S/C17H19NO2/c1-13(2)20-16-10-6-9-15(11-16)17(19)18-12-14-7-4-3-5-8-14/h3-11,13H,12H2,1-2H3,(H,18,19). The SMILES string of the molecule is CC(C)Oc1cccc(C(=O)NCc2ccccc2)c1. The zero-order valence-corrected chi connectivity index (χ0v) is 11.8. The van der Waals surface area contributed by atoms with Gasteiger partial charge in [-0.25, -0.2) is 0 Å². The van der Waals surface area contributed by atoms with Crippen molar-refractivity contribution in [2.75, 3.05) is 0 Å². The third-order valence-electron chi connectivity index (χ3n) is 2.76. The number of nitrogens with one attached hydrogen (secondary N) is 1. The summed E-state index contributed by atoms with van der Waals surface area (Å²) in [5.41, 5.74) is 1.69. The summed E-state index contributed by atoms with van der Waals surface area (Å²) in [6, 6.07) is 17.1. The first kappa shape index (κ1) is 14.1. The minimum Gasteiger partial charge on any atom is -0.491 e. The minimum atomic E-state index is -0.0944. The molecule has 0 saturated carbocycles. The Labute approximate surface area is 119 Å². The molecule has 0 aliphatic heterocycles. The number of benzene rings is 2. The van der Waals surface area contributed by atoms with Gasteiger partial charge in [-0.15, -0.1) is 0 Å². The number of hydrogen-bond acceptors (Lipinski definition) is 2.